The lowest BCUT2D eigenvalue weighted by molar-refractivity contribution is 0.0600. The maximum absolute atomic E-state index is 11.7. The van der Waals surface area contributed by atoms with Crippen LogP contribution in [0, 0.1) is 0 Å². The second-order valence-corrected chi connectivity index (χ2v) is 5.54. The SMILES string of the molecule is C=CCOc1ccc(C(=O)OC)cc1SCc1ccccc1. The van der Waals surface area contributed by atoms with Crippen LogP contribution in [0.15, 0.2) is 66.1 Å². The molecule has 4 heteroatoms. The molecule has 2 aromatic carbocycles. The van der Waals surface area contributed by atoms with E-state index in [-0.39, 0.29) is 5.97 Å². The number of ether oxygens (including phenoxy) is 2. The van der Waals surface area contributed by atoms with Gasteiger partial charge >= 0.3 is 5.97 Å². The number of hydrogen-bond donors (Lipinski definition) is 0. The van der Waals surface area contributed by atoms with Crippen LogP contribution in [-0.4, -0.2) is 19.7 Å². The summed E-state index contributed by atoms with van der Waals surface area (Å²) < 4.78 is 10.4. The molecule has 2 rings (SSSR count). The summed E-state index contributed by atoms with van der Waals surface area (Å²) in [6.45, 7) is 4.08. The monoisotopic (exact) mass is 314 g/mol. The van der Waals surface area contributed by atoms with Crippen molar-refractivity contribution >= 4 is 17.7 Å². The van der Waals surface area contributed by atoms with Gasteiger partial charge in [-0.15, -0.1) is 11.8 Å². The molecule has 0 aliphatic carbocycles. The van der Waals surface area contributed by atoms with E-state index in [1.54, 1.807) is 36.0 Å². The third-order valence-electron chi connectivity index (χ3n) is 2.96. The van der Waals surface area contributed by atoms with Crippen molar-refractivity contribution in [3.63, 3.8) is 0 Å². The highest BCUT2D eigenvalue weighted by Crippen LogP contribution is 2.33. The van der Waals surface area contributed by atoms with Crippen molar-refractivity contribution in [1.29, 1.82) is 0 Å². The smallest absolute Gasteiger partial charge is 0.337 e. The summed E-state index contributed by atoms with van der Waals surface area (Å²) in [5.74, 6) is 1.20. The second kappa shape index (κ2) is 8.29. The standard InChI is InChI=1S/C18H18O3S/c1-3-11-21-16-10-9-15(18(19)20-2)12-17(16)22-13-14-7-5-4-6-8-14/h3-10,12H,1,11,13H2,2H3. The number of esters is 1. The fourth-order valence-corrected chi connectivity index (χ4v) is 2.86. The van der Waals surface area contributed by atoms with Crippen LogP contribution >= 0.6 is 11.8 Å². The normalized spacial score (nSPS) is 10.0. The van der Waals surface area contributed by atoms with Gasteiger partial charge in [-0.05, 0) is 23.8 Å². The van der Waals surface area contributed by atoms with Gasteiger partial charge in [0.25, 0.3) is 0 Å². The summed E-state index contributed by atoms with van der Waals surface area (Å²) in [4.78, 5) is 12.6. The molecule has 0 atom stereocenters. The summed E-state index contributed by atoms with van der Waals surface area (Å²) in [5.41, 5.74) is 1.73. The number of rotatable bonds is 7. The molecule has 2 aromatic rings. The molecule has 0 radical (unpaired) electrons. The molecule has 3 nitrogen and oxygen atoms in total. The lowest BCUT2D eigenvalue weighted by Crippen LogP contribution is -2.02. The molecule has 22 heavy (non-hydrogen) atoms. The number of carbonyl (C=O) groups excluding carboxylic acids is 1. The Bertz CT molecular complexity index is 638. The maximum atomic E-state index is 11.7. The van der Waals surface area contributed by atoms with E-state index in [1.165, 1.54) is 12.7 Å². The highest BCUT2D eigenvalue weighted by Gasteiger charge is 2.11. The minimum absolute atomic E-state index is 0.350. The van der Waals surface area contributed by atoms with Gasteiger partial charge in [0.2, 0.25) is 0 Å². The molecule has 0 aliphatic heterocycles. The van der Waals surface area contributed by atoms with Gasteiger partial charge in [-0.1, -0.05) is 43.0 Å². The number of methoxy groups -OCH3 is 1. The Labute approximate surface area is 135 Å². The molecule has 0 amide bonds. The average molecular weight is 314 g/mol. The van der Waals surface area contributed by atoms with Crippen LogP contribution in [0.5, 0.6) is 5.75 Å². The van der Waals surface area contributed by atoms with E-state index < -0.39 is 0 Å². The summed E-state index contributed by atoms with van der Waals surface area (Å²) >= 11 is 1.63. The molecule has 114 valence electrons. The highest BCUT2D eigenvalue weighted by molar-refractivity contribution is 7.98. The summed E-state index contributed by atoms with van der Waals surface area (Å²) in [7, 11) is 1.38. The molecule has 0 N–H and O–H groups in total. The Balaban J connectivity index is 2.20. The summed E-state index contributed by atoms with van der Waals surface area (Å²) in [6.07, 6.45) is 1.69. The Hall–Kier alpha value is -2.20. The number of thioether (sulfide) groups is 1. The molecule has 0 fully saturated rings. The molecule has 0 unspecified atom stereocenters. The molecule has 0 bridgehead atoms. The van der Waals surface area contributed by atoms with Crippen molar-refractivity contribution in [2.24, 2.45) is 0 Å². The van der Waals surface area contributed by atoms with Crippen molar-refractivity contribution in [3.05, 3.63) is 72.3 Å². The van der Waals surface area contributed by atoms with Crippen molar-refractivity contribution in [2.45, 2.75) is 10.6 Å². The van der Waals surface area contributed by atoms with Crippen LogP contribution in [0.2, 0.25) is 0 Å². The minimum Gasteiger partial charge on any atom is -0.488 e. The molecule has 0 saturated carbocycles. The Morgan fingerprint density at radius 1 is 1.23 bits per heavy atom. The molecular weight excluding hydrogens is 296 g/mol. The van der Waals surface area contributed by atoms with E-state index in [2.05, 4.69) is 18.7 Å². The predicted octanol–water partition coefficient (Wildman–Crippen LogP) is 4.33. The number of carbonyl (C=O) groups is 1. The zero-order valence-electron chi connectivity index (χ0n) is 12.5. The Morgan fingerprint density at radius 3 is 2.68 bits per heavy atom. The van der Waals surface area contributed by atoms with Gasteiger partial charge in [-0.3, -0.25) is 0 Å². The molecule has 0 aliphatic rings. The maximum Gasteiger partial charge on any atom is 0.337 e. The summed E-state index contributed by atoms with van der Waals surface area (Å²) in [5, 5.41) is 0. The van der Waals surface area contributed by atoms with Gasteiger partial charge in [0.1, 0.15) is 12.4 Å². The van der Waals surface area contributed by atoms with E-state index in [4.69, 9.17) is 9.47 Å². The van der Waals surface area contributed by atoms with E-state index in [0.717, 1.165) is 16.4 Å². The van der Waals surface area contributed by atoms with Crippen LogP contribution in [0.3, 0.4) is 0 Å². The van der Waals surface area contributed by atoms with Crippen LogP contribution in [0.4, 0.5) is 0 Å². The fraction of sp³-hybridized carbons (Fsp3) is 0.167. The largest absolute Gasteiger partial charge is 0.488 e. The zero-order valence-corrected chi connectivity index (χ0v) is 13.3. The van der Waals surface area contributed by atoms with Gasteiger partial charge in [-0.2, -0.15) is 0 Å². The van der Waals surface area contributed by atoms with E-state index >= 15 is 0 Å². The lowest BCUT2D eigenvalue weighted by atomic mass is 10.2. The highest BCUT2D eigenvalue weighted by atomic mass is 32.2. The van der Waals surface area contributed by atoms with Crippen LogP contribution < -0.4 is 4.74 Å². The van der Waals surface area contributed by atoms with Crippen LogP contribution in [0.1, 0.15) is 15.9 Å². The molecule has 0 spiro atoms. The first-order valence-corrected chi connectivity index (χ1v) is 7.86. The zero-order chi connectivity index (χ0) is 15.8. The molecular formula is C18H18O3S. The van der Waals surface area contributed by atoms with E-state index in [9.17, 15) is 4.79 Å². The third-order valence-corrected chi connectivity index (χ3v) is 4.07. The van der Waals surface area contributed by atoms with Crippen molar-refractivity contribution in [1.82, 2.24) is 0 Å². The number of benzene rings is 2. The Kier molecular flexibility index (Phi) is 6.10. The molecule has 0 saturated heterocycles. The van der Waals surface area contributed by atoms with Crippen LogP contribution in [0.25, 0.3) is 0 Å². The van der Waals surface area contributed by atoms with Gasteiger partial charge in [-0.25, -0.2) is 4.79 Å². The first-order valence-electron chi connectivity index (χ1n) is 6.87. The first kappa shape index (κ1) is 16.2. The topological polar surface area (TPSA) is 35.5 Å². The van der Waals surface area contributed by atoms with Crippen molar-refractivity contribution < 1.29 is 14.3 Å². The fourth-order valence-electron chi connectivity index (χ4n) is 1.87. The predicted molar refractivity (Wildman–Crippen MR) is 89.5 cm³/mol. The quantitative estimate of drug-likeness (QED) is 0.433. The second-order valence-electron chi connectivity index (χ2n) is 4.53. The lowest BCUT2D eigenvalue weighted by Gasteiger charge is -2.11. The first-order chi connectivity index (χ1) is 10.7. The third kappa shape index (κ3) is 4.40. The minimum atomic E-state index is -0.350. The van der Waals surface area contributed by atoms with Crippen molar-refractivity contribution in [3.8, 4) is 5.75 Å². The average Bonchev–Trinajstić information content (AvgIpc) is 2.58. The van der Waals surface area contributed by atoms with Crippen LogP contribution in [-0.2, 0) is 10.5 Å². The molecule has 0 heterocycles. The molecule has 0 aromatic heterocycles. The van der Waals surface area contributed by atoms with Gasteiger partial charge in [0.05, 0.1) is 17.6 Å². The summed E-state index contributed by atoms with van der Waals surface area (Å²) in [6, 6.07) is 15.5. The van der Waals surface area contributed by atoms with E-state index in [1.807, 2.05) is 18.2 Å². The van der Waals surface area contributed by atoms with E-state index in [0.29, 0.717) is 12.2 Å². The van der Waals surface area contributed by atoms with Gasteiger partial charge in [0.15, 0.2) is 0 Å². The van der Waals surface area contributed by atoms with Crippen molar-refractivity contribution in [2.75, 3.05) is 13.7 Å². The Morgan fingerprint density at radius 2 is 2.00 bits per heavy atom. The van der Waals surface area contributed by atoms with Gasteiger partial charge in [0, 0.05) is 5.75 Å². The van der Waals surface area contributed by atoms with Gasteiger partial charge < -0.3 is 9.47 Å². The number of hydrogen-bond acceptors (Lipinski definition) is 4.